The van der Waals surface area contributed by atoms with Crippen molar-refractivity contribution in [2.45, 2.75) is 19.8 Å². The van der Waals surface area contributed by atoms with Crippen molar-refractivity contribution in [2.75, 3.05) is 12.4 Å². The van der Waals surface area contributed by atoms with Crippen LogP contribution in [0, 0.1) is 6.92 Å². The fraction of sp³-hybridized carbons (Fsp3) is 0.222. The van der Waals surface area contributed by atoms with Crippen LogP contribution in [0.25, 0.3) is 11.3 Å². The number of amides is 1. The number of methoxy groups -OCH3 is 1. The van der Waals surface area contributed by atoms with Gasteiger partial charge in [-0.25, -0.2) is 4.79 Å². The Hall–Kier alpha value is -3.62. The highest BCUT2D eigenvalue weighted by Gasteiger charge is 2.12. The van der Waals surface area contributed by atoms with Gasteiger partial charge in [-0.3, -0.25) is 19.7 Å². The predicted molar refractivity (Wildman–Crippen MR) is 99.9 cm³/mol. The van der Waals surface area contributed by atoms with E-state index in [4.69, 9.17) is 4.74 Å². The molecule has 0 saturated carbocycles. The second kappa shape index (κ2) is 7.73. The molecule has 3 rings (SSSR count). The van der Waals surface area contributed by atoms with E-state index in [0.29, 0.717) is 28.5 Å². The van der Waals surface area contributed by atoms with Crippen LogP contribution >= 0.6 is 0 Å². The lowest BCUT2D eigenvalue weighted by molar-refractivity contribution is -0.116. The van der Waals surface area contributed by atoms with Crippen LogP contribution in [0.1, 0.15) is 17.7 Å². The molecular weight excluding hydrogens is 350 g/mol. The molecule has 2 aromatic heterocycles. The minimum absolute atomic E-state index is 0.0762. The van der Waals surface area contributed by atoms with Crippen LogP contribution in [0.3, 0.4) is 0 Å². The number of carbonyl (C=O) groups excluding carboxylic acids is 1. The molecule has 9 heteroatoms. The summed E-state index contributed by atoms with van der Waals surface area (Å²) >= 11 is 0. The number of aryl methyl sites for hydroxylation is 1. The van der Waals surface area contributed by atoms with E-state index in [1.807, 2.05) is 24.3 Å². The fourth-order valence-electron chi connectivity index (χ4n) is 2.76. The third-order valence-electron chi connectivity index (χ3n) is 4.10. The summed E-state index contributed by atoms with van der Waals surface area (Å²) in [5.41, 5.74) is 1.31. The largest absolute Gasteiger partial charge is 0.496 e. The van der Waals surface area contributed by atoms with Crippen LogP contribution in [0.4, 0.5) is 5.82 Å². The summed E-state index contributed by atoms with van der Waals surface area (Å²) in [6.45, 7) is 1.62. The highest BCUT2D eigenvalue weighted by Crippen LogP contribution is 2.29. The SMILES string of the molecule is COc1ccccc1-c1cc(NC(=O)CCc2c(C)[nH]c(=O)[nH]c2=O)n[nH]1. The van der Waals surface area contributed by atoms with Gasteiger partial charge in [-0.2, -0.15) is 5.10 Å². The molecule has 1 amide bonds. The molecule has 0 atom stereocenters. The van der Waals surface area contributed by atoms with E-state index in [2.05, 4.69) is 25.5 Å². The van der Waals surface area contributed by atoms with Gasteiger partial charge >= 0.3 is 5.69 Å². The molecule has 0 radical (unpaired) electrons. The lowest BCUT2D eigenvalue weighted by atomic mass is 10.1. The zero-order chi connectivity index (χ0) is 19.4. The van der Waals surface area contributed by atoms with Crippen molar-refractivity contribution in [1.29, 1.82) is 0 Å². The van der Waals surface area contributed by atoms with Crippen molar-refractivity contribution in [3.05, 3.63) is 62.4 Å². The van der Waals surface area contributed by atoms with E-state index in [1.54, 1.807) is 20.1 Å². The number of anilines is 1. The lowest BCUT2D eigenvalue weighted by Gasteiger charge is -2.05. The average molecular weight is 369 g/mol. The summed E-state index contributed by atoms with van der Waals surface area (Å²) in [7, 11) is 1.58. The van der Waals surface area contributed by atoms with Gasteiger partial charge in [0, 0.05) is 29.3 Å². The molecule has 140 valence electrons. The maximum absolute atomic E-state index is 12.2. The number of carbonyl (C=O) groups is 1. The molecule has 0 spiro atoms. The second-order valence-electron chi connectivity index (χ2n) is 5.93. The highest BCUT2D eigenvalue weighted by atomic mass is 16.5. The van der Waals surface area contributed by atoms with Gasteiger partial charge in [-0.05, 0) is 25.5 Å². The molecule has 27 heavy (non-hydrogen) atoms. The van der Waals surface area contributed by atoms with Crippen molar-refractivity contribution in [3.63, 3.8) is 0 Å². The molecule has 0 aliphatic heterocycles. The van der Waals surface area contributed by atoms with Crippen LogP contribution in [0.5, 0.6) is 5.75 Å². The number of nitrogens with one attached hydrogen (secondary N) is 4. The van der Waals surface area contributed by atoms with Crippen molar-refractivity contribution in [2.24, 2.45) is 0 Å². The molecular formula is C18H19N5O4. The molecule has 0 fully saturated rings. The zero-order valence-corrected chi connectivity index (χ0v) is 14.9. The van der Waals surface area contributed by atoms with Crippen LogP contribution in [0.15, 0.2) is 39.9 Å². The van der Waals surface area contributed by atoms with Crippen molar-refractivity contribution in [1.82, 2.24) is 20.2 Å². The maximum Gasteiger partial charge on any atom is 0.325 e. The third kappa shape index (κ3) is 4.14. The Morgan fingerprint density at radius 2 is 2.00 bits per heavy atom. The number of H-pyrrole nitrogens is 3. The highest BCUT2D eigenvalue weighted by molar-refractivity contribution is 5.90. The summed E-state index contributed by atoms with van der Waals surface area (Å²) in [5.74, 6) is 0.762. The molecule has 0 saturated heterocycles. The van der Waals surface area contributed by atoms with Gasteiger partial charge in [0.15, 0.2) is 5.82 Å². The normalized spacial score (nSPS) is 10.6. The van der Waals surface area contributed by atoms with E-state index in [-0.39, 0.29) is 18.7 Å². The standard InChI is InChI=1S/C18H19N5O4/c1-10-11(17(25)21-18(26)19-10)7-8-16(24)20-15-9-13(22-23-15)12-5-3-4-6-14(12)27-2/h3-6,9H,7-8H2,1-2H3,(H2,19,21,25,26)(H2,20,22,23,24). The Bertz CT molecular complexity index is 1080. The Morgan fingerprint density at radius 1 is 1.22 bits per heavy atom. The monoisotopic (exact) mass is 369 g/mol. The Balaban J connectivity index is 1.67. The first-order valence-electron chi connectivity index (χ1n) is 8.28. The first-order valence-corrected chi connectivity index (χ1v) is 8.28. The smallest absolute Gasteiger partial charge is 0.325 e. The molecule has 4 N–H and O–H groups in total. The Kier molecular flexibility index (Phi) is 5.20. The van der Waals surface area contributed by atoms with E-state index in [9.17, 15) is 14.4 Å². The topological polar surface area (TPSA) is 133 Å². The second-order valence-corrected chi connectivity index (χ2v) is 5.93. The van der Waals surface area contributed by atoms with Crippen LogP contribution < -0.4 is 21.3 Å². The van der Waals surface area contributed by atoms with Crippen molar-refractivity contribution < 1.29 is 9.53 Å². The quantitative estimate of drug-likeness (QED) is 0.520. The number of hydrogen-bond donors (Lipinski definition) is 4. The third-order valence-corrected chi connectivity index (χ3v) is 4.10. The van der Waals surface area contributed by atoms with Gasteiger partial charge in [0.2, 0.25) is 5.91 Å². The summed E-state index contributed by atoms with van der Waals surface area (Å²) < 4.78 is 5.32. The number of hydrogen-bond acceptors (Lipinski definition) is 5. The first kappa shape index (κ1) is 18.2. The molecule has 3 aromatic rings. The van der Waals surface area contributed by atoms with Gasteiger partial charge in [-0.1, -0.05) is 12.1 Å². The van der Waals surface area contributed by atoms with Gasteiger partial charge in [0.1, 0.15) is 5.75 Å². The summed E-state index contributed by atoms with van der Waals surface area (Å²) in [5, 5.41) is 9.63. The van der Waals surface area contributed by atoms with E-state index in [1.165, 1.54) is 0 Å². The summed E-state index contributed by atoms with van der Waals surface area (Å²) in [4.78, 5) is 39.9. The van der Waals surface area contributed by atoms with E-state index >= 15 is 0 Å². The summed E-state index contributed by atoms with van der Waals surface area (Å²) in [6.07, 6.45) is 0.278. The van der Waals surface area contributed by atoms with Gasteiger partial charge in [0.25, 0.3) is 5.56 Å². The number of rotatable bonds is 6. The number of nitrogens with zero attached hydrogens (tertiary/aromatic N) is 1. The molecule has 0 unspecified atom stereocenters. The lowest BCUT2D eigenvalue weighted by Crippen LogP contribution is -2.27. The van der Waals surface area contributed by atoms with E-state index < -0.39 is 11.2 Å². The minimum Gasteiger partial charge on any atom is -0.496 e. The fourth-order valence-corrected chi connectivity index (χ4v) is 2.76. The van der Waals surface area contributed by atoms with Gasteiger partial charge in [-0.15, -0.1) is 0 Å². The Labute approximate surface area is 153 Å². The molecule has 0 bridgehead atoms. The first-order chi connectivity index (χ1) is 13.0. The van der Waals surface area contributed by atoms with Crippen LogP contribution in [-0.2, 0) is 11.2 Å². The number of para-hydroxylation sites is 1. The van der Waals surface area contributed by atoms with Crippen molar-refractivity contribution >= 4 is 11.7 Å². The molecule has 1 aromatic carbocycles. The molecule has 2 heterocycles. The zero-order valence-electron chi connectivity index (χ0n) is 14.9. The van der Waals surface area contributed by atoms with Crippen molar-refractivity contribution in [3.8, 4) is 17.0 Å². The predicted octanol–water partition coefficient (Wildman–Crippen LogP) is 1.34. The van der Waals surface area contributed by atoms with E-state index in [0.717, 1.165) is 5.56 Å². The molecule has 0 aliphatic rings. The maximum atomic E-state index is 12.2. The Morgan fingerprint density at radius 3 is 2.74 bits per heavy atom. The van der Waals surface area contributed by atoms with Crippen LogP contribution in [0.2, 0.25) is 0 Å². The minimum atomic E-state index is -0.564. The molecule has 0 aliphatic carbocycles. The summed E-state index contributed by atoms with van der Waals surface area (Å²) in [6, 6.07) is 9.15. The number of aromatic nitrogens is 4. The number of benzene rings is 1. The average Bonchev–Trinajstić information content (AvgIpc) is 3.09. The van der Waals surface area contributed by atoms with Crippen LogP contribution in [-0.4, -0.2) is 33.2 Å². The number of aromatic amines is 3. The van der Waals surface area contributed by atoms with Gasteiger partial charge in [0.05, 0.1) is 12.8 Å². The number of ether oxygens (including phenoxy) is 1. The van der Waals surface area contributed by atoms with Gasteiger partial charge < -0.3 is 15.0 Å². The molecule has 9 nitrogen and oxygen atoms in total.